The Morgan fingerprint density at radius 1 is 0.983 bits per heavy atom. The molecule has 0 bridgehead atoms. The van der Waals surface area contributed by atoms with Gasteiger partial charge in [-0.25, -0.2) is 14.0 Å². The summed E-state index contributed by atoms with van der Waals surface area (Å²) in [4.78, 5) is 102. The maximum absolute atomic E-state index is 14.7. The number of anilines is 1. The summed E-state index contributed by atoms with van der Waals surface area (Å²) in [6.45, 7) is 6.83. The molecule has 0 saturated carbocycles. The standard InChI is InChI=1S/C40H49ClFN7O9S/c1-21-7-5-8-25(15-21)17-29(45-40(56)44-28-11-10-26(41)18-27(28)42)34(50)46-33-24(4)58-39(55)31-16-22(2)19-49(31)36(52)23(3)43-35(51)32-20-59(57)14-13-48(32)37(53)30-9-6-12-47(30)38(33)54/h5,7-8,10-11,15,18,22-24,29-33H,6,9,12-14,16-17,19-20H2,1-4H3,(H,43,51)(H,46,50)(H2,44,45,56)/t22-,23+,24+,29+,30+,31+,32+,33+,59-/m1/s1. The van der Waals surface area contributed by atoms with Gasteiger partial charge in [-0.1, -0.05) is 48.4 Å². The lowest BCUT2D eigenvalue weighted by molar-refractivity contribution is -0.163. The van der Waals surface area contributed by atoms with Crippen molar-refractivity contribution in [3.63, 3.8) is 0 Å². The molecule has 6 rings (SSSR count). The largest absolute Gasteiger partial charge is 0.616 e. The quantitative estimate of drug-likeness (QED) is 0.246. The van der Waals surface area contributed by atoms with Crippen LogP contribution >= 0.6 is 11.6 Å². The SMILES string of the molecule is Cc1cccc(C[C@H](NC(=O)Nc2ccc(Cl)cc2F)C(=O)N[C@@H]2C(=O)N3CCC[C@H]3C(=O)N3CC[S@@+]([O-])C[C@H]3C(=O)N[C@@H](C)C(=O)N3C[C@H](C)C[C@H]3C(=O)O[C@H]2C)c1. The highest BCUT2D eigenvalue weighted by atomic mass is 35.5. The Morgan fingerprint density at radius 2 is 1.73 bits per heavy atom. The molecule has 4 fully saturated rings. The monoisotopic (exact) mass is 857 g/mol. The molecule has 4 aliphatic rings. The summed E-state index contributed by atoms with van der Waals surface area (Å²) in [6, 6.07) is 2.46. The fraction of sp³-hybridized carbons (Fsp3) is 0.525. The molecule has 19 heteroatoms. The molecule has 4 heterocycles. The topological polar surface area (TPSA) is 210 Å². The smallest absolute Gasteiger partial charge is 0.329 e. The fourth-order valence-electron chi connectivity index (χ4n) is 8.13. The maximum Gasteiger partial charge on any atom is 0.329 e. The molecule has 4 N–H and O–H groups in total. The number of halogens is 2. The Balaban J connectivity index is 1.34. The second kappa shape index (κ2) is 18.5. The summed E-state index contributed by atoms with van der Waals surface area (Å²) < 4.78 is 33.3. The number of aryl methyl sites for hydroxylation is 1. The van der Waals surface area contributed by atoms with Gasteiger partial charge in [0.2, 0.25) is 29.5 Å². The molecular formula is C40H49ClFN7O9S. The molecule has 7 amide bonds. The first-order valence-electron chi connectivity index (χ1n) is 19.7. The van der Waals surface area contributed by atoms with Crippen molar-refractivity contribution >= 4 is 70.0 Å². The number of hydrogen-bond acceptors (Lipinski definition) is 9. The number of ether oxygens (including phenoxy) is 1. The lowest BCUT2D eigenvalue weighted by Crippen LogP contribution is -2.64. The van der Waals surface area contributed by atoms with Gasteiger partial charge in [-0.3, -0.25) is 24.0 Å². The Kier molecular flexibility index (Phi) is 13.7. The number of benzene rings is 2. The van der Waals surface area contributed by atoms with E-state index in [9.17, 15) is 42.5 Å². The number of nitrogens with zero attached hydrogens (tertiary/aromatic N) is 3. The van der Waals surface area contributed by atoms with E-state index in [0.29, 0.717) is 12.0 Å². The summed E-state index contributed by atoms with van der Waals surface area (Å²) in [6.07, 6.45) is -0.579. The van der Waals surface area contributed by atoms with E-state index in [0.717, 1.165) is 11.6 Å². The molecule has 16 nitrogen and oxygen atoms in total. The van der Waals surface area contributed by atoms with Crippen LogP contribution in [0.5, 0.6) is 0 Å². The fourth-order valence-corrected chi connectivity index (χ4v) is 9.54. The van der Waals surface area contributed by atoms with Crippen molar-refractivity contribution in [1.29, 1.82) is 0 Å². The van der Waals surface area contributed by atoms with Crippen molar-refractivity contribution in [2.75, 3.05) is 36.5 Å². The van der Waals surface area contributed by atoms with E-state index in [1.165, 1.54) is 40.7 Å². The summed E-state index contributed by atoms with van der Waals surface area (Å²) in [5, 5.41) is 10.4. The molecule has 0 radical (unpaired) electrons. The van der Waals surface area contributed by atoms with Crippen LogP contribution in [0.3, 0.4) is 0 Å². The Morgan fingerprint density at radius 3 is 2.46 bits per heavy atom. The van der Waals surface area contributed by atoms with Crippen molar-refractivity contribution in [3.05, 3.63) is 64.4 Å². The third-order valence-corrected chi connectivity index (χ3v) is 12.7. The van der Waals surface area contributed by atoms with E-state index in [4.69, 9.17) is 16.3 Å². The third-order valence-electron chi connectivity index (χ3n) is 11.1. The predicted molar refractivity (Wildman–Crippen MR) is 215 cm³/mol. The molecule has 9 atom stereocenters. The summed E-state index contributed by atoms with van der Waals surface area (Å²) >= 11 is 4.44. The predicted octanol–water partition coefficient (Wildman–Crippen LogP) is 1.64. The maximum atomic E-state index is 14.7. The number of cyclic esters (lactones) is 1. The minimum Gasteiger partial charge on any atom is -0.616 e. The second-order valence-electron chi connectivity index (χ2n) is 15.7. The van der Waals surface area contributed by atoms with Gasteiger partial charge in [0.25, 0.3) is 0 Å². The van der Waals surface area contributed by atoms with Crippen molar-refractivity contribution in [2.45, 2.75) is 95.7 Å². The van der Waals surface area contributed by atoms with Gasteiger partial charge in [0, 0.05) is 24.5 Å². The molecule has 59 heavy (non-hydrogen) atoms. The molecule has 0 spiro atoms. The lowest BCUT2D eigenvalue weighted by Gasteiger charge is -2.39. The van der Waals surface area contributed by atoms with E-state index >= 15 is 0 Å². The van der Waals surface area contributed by atoms with Crippen LogP contribution in [0.15, 0.2) is 42.5 Å². The minimum atomic E-state index is -1.60. The average Bonchev–Trinajstić information content (AvgIpc) is 3.84. The van der Waals surface area contributed by atoms with Crippen LogP contribution in [-0.2, 0) is 51.1 Å². The third kappa shape index (κ3) is 10.1. The lowest BCUT2D eigenvalue weighted by atomic mass is 10.0. The number of carbonyl (C=O) groups is 7. The van der Waals surface area contributed by atoms with Crippen LogP contribution in [-0.4, -0.2) is 134 Å². The highest BCUT2D eigenvalue weighted by Crippen LogP contribution is 2.28. The van der Waals surface area contributed by atoms with Gasteiger partial charge < -0.3 is 45.3 Å². The zero-order valence-electron chi connectivity index (χ0n) is 33.2. The van der Waals surface area contributed by atoms with E-state index in [1.807, 2.05) is 19.9 Å². The molecule has 2 aromatic rings. The van der Waals surface area contributed by atoms with Gasteiger partial charge in [0.1, 0.15) is 53.6 Å². The number of nitrogens with one attached hydrogen (secondary N) is 4. The normalized spacial score (nSPS) is 28.5. The van der Waals surface area contributed by atoms with Crippen molar-refractivity contribution in [2.24, 2.45) is 5.92 Å². The summed E-state index contributed by atoms with van der Waals surface area (Å²) in [5.74, 6) is -5.27. The number of carbonyl (C=O) groups excluding carboxylic acids is 7. The molecule has 2 aromatic carbocycles. The van der Waals surface area contributed by atoms with E-state index < -0.39 is 101 Å². The Bertz CT molecular complexity index is 1990. The van der Waals surface area contributed by atoms with Crippen LogP contribution < -0.4 is 21.3 Å². The Labute approximate surface area is 349 Å². The van der Waals surface area contributed by atoms with E-state index in [-0.39, 0.29) is 67.0 Å². The van der Waals surface area contributed by atoms with E-state index in [2.05, 4.69) is 21.3 Å². The molecule has 4 aliphatic heterocycles. The molecule has 0 aromatic heterocycles. The zero-order chi connectivity index (χ0) is 42.7. The van der Waals surface area contributed by atoms with Crippen LogP contribution in [0.4, 0.5) is 14.9 Å². The number of fused-ring (bicyclic) bond motifs is 3. The van der Waals surface area contributed by atoms with Crippen LogP contribution in [0.25, 0.3) is 0 Å². The molecule has 318 valence electrons. The van der Waals surface area contributed by atoms with Gasteiger partial charge in [0.05, 0.1) is 12.2 Å². The molecule has 0 aliphatic carbocycles. The number of hydrogen-bond donors (Lipinski definition) is 4. The average molecular weight is 858 g/mol. The van der Waals surface area contributed by atoms with Crippen LogP contribution in [0.2, 0.25) is 5.02 Å². The van der Waals surface area contributed by atoms with Gasteiger partial charge >= 0.3 is 12.0 Å². The molecule has 0 unspecified atom stereocenters. The van der Waals surface area contributed by atoms with Crippen molar-refractivity contribution < 1.29 is 47.2 Å². The number of esters is 1. The molecular weight excluding hydrogens is 809 g/mol. The van der Waals surface area contributed by atoms with Gasteiger partial charge in [0.15, 0.2) is 6.04 Å². The highest BCUT2D eigenvalue weighted by Gasteiger charge is 2.48. The minimum absolute atomic E-state index is 0.0292. The Hall–Kier alpha value is -4.94. The van der Waals surface area contributed by atoms with Crippen molar-refractivity contribution in [3.8, 4) is 0 Å². The van der Waals surface area contributed by atoms with Crippen LogP contribution in [0, 0.1) is 18.7 Å². The van der Waals surface area contributed by atoms with Crippen molar-refractivity contribution in [1.82, 2.24) is 30.7 Å². The number of rotatable bonds is 6. The number of amides is 7. The first kappa shape index (κ1) is 43.6. The van der Waals surface area contributed by atoms with Gasteiger partial charge in [-0.15, -0.1) is 0 Å². The molecule has 4 saturated heterocycles. The van der Waals surface area contributed by atoms with E-state index in [1.54, 1.807) is 18.2 Å². The first-order chi connectivity index (χ1) is 28.0. The van der Waals surface area contributed by atoms with Gasteiger partial charge in [-0.05, 0) is 80.9 Å². The first-order valence-corrected chi connectivity index (χ1v) is 21.5. The van der Waals surface area contributed by atoms with Gasteiger partial charge in [-0.2, -0.15) is 0 Å². The van der Waals surface area contributed by atoms with Crippen LogP contribution in [0.1, 0.15) is 51.2 Å². The summed E-state index contributed by atoms with van der Waals surface area (Å²) in [5.41, 5.74) is 1.31. The second-order valence-corrected chi connectivity index (χ2v) is 17.8. The zero-order valence-corrected chi connectivity index (χ0v) is 34.8. The highest BCUT2D eigenvalue weighted by molar-refractivity contribution is 7.91. The number of urea groups is 1. The summed E-state index contributed by atoms with van der Waals surface area (Å²) in [7, 11) is 0.